The maximum absolute atomic E-state index is 12.5. The fraction of sp³-hybridized carbons (Fsp3) is 0.562. The second-order valence-electron chi connectivity index (χ2n) is 5.90. The van der Waals surface area contributed by atoms with E-state index in [0.717, 1.165) is 19.3 Å². The molecule has 0 amide bonds. The highest BCUT2D eigenvalue weighted by atomic mass is 32.2. The molecule has 0 heterocycles. The van der Waals surface area contributed by atoms with Crippen molar-refractivity contribution in [1.82, 2.24) is 4.72 Å². The first kappa shape index (κ1) is 19.4. The molecule has 7 heteroatoms. The van der Waals surface area contributed by atoms with Gasteiger partial charge in [0.25, 0.3) is 0 Å². The lowest BCUT2D eigenvalue weighted by Gasteiger charge is -2.15. The van der Waals surface area contributed by atoms with Gasteiger partial charge in [-0.05, 0) is 30.5 Å². The molecule has 0 aliphatic carbocycles. The van der Waals surface area contributed by atoms with Crippen LogP contribution in [0, 0.1) is 5.92 Å². The lowest BCUT2D eigenvalue weighted by molar-refractivity contribution is 0.0696. The Morgan fingerprint density at radius 2 is 1.96 bits per heavy atom. The molecule has 0 spiro atoms. The first-order chi connectivity index (χ1) is 10.8. The van der Waals surface area contributed by atoms with Gasteiger partial charge in [0.1, 0.15) is 4.90 Å². The molecule has 0 aliphatic heterocycles. The highest BCUT2D eigenvalue weighted by molar-refractivity contribution is 7.89. The zero-order valence-corrected chi connectivity index (χ0v) is 14.7. The van der Waals surface area contributed by atoms with Crippen LogP contribution in [-0.4, -0.2) is 32.6 Å². The van der Waals surface area contributed by atoms with Gasteiger partial charge < -0.3 is 10.4 Å². The fourth-order valence-electron chi connectivity index (χ4n) is 2.00. The second-order valence-corrected chi connectivity index (χ2v) is 7.63. The first-order valence-corrected chi connectivity index (χ1v) is 9.37. The molecule has 1 aromatic rings. The minimum Gasteiger partial charge on any atom is -0.478 e. The lowest BCUT2D eigenvalue weighted by atomic mass is 10.2. The molecular weight excluding hydrogens is 316 g/mol. The van der Waals surface area contributed by atoms with E-state index in [2.05, 4.69) is 10.0 Å². The molecule has 0 saturated carbocycles. The highest BCUT2D eigenvalue weighted by Crippen LogP contribution is 2.23. The fourth-order valence-corrected chi connectivity index (χ4v) is 3.28. The Hall–Kier alpha value is -1.60. The van der Waals surface area contributed by atoms with Gasteiger partial charge in [0.05, 0.1) is 11.3 Å². The van der Waals surface area contributed by atoms with Crippen LogP contribution in [0.4, 0.5) is 5.69 Å². The van der Waals surface area contributed by atoms with Crippen molar-refractivity contribution < 1.29 is 18.3 Å². The standard InChI is InChI=1S/C16H26N2O4S/c1-4-5-6-9-18-23(21,22)15-10-13(16(19)20)7-8-14(15)17-11-12(2)3/h7-8,10,12,17-18H,4-6,9,11H2,1-3H3,(H,19,20). The van der Waals surface area contributed by atoms with Crippen molar-refractivity contribution in [1.29, 1.82) is 0 Å². The van der Waals surface area contributed by atoms with Crippen LogP contribution in [0.15, 0.2) is 23.1 Å². The molecular formula is C16H26N2O4S. The van der Waals surface area contributed by atoms with Gasteiger partial charge in [0.2, 0.25) is 10.0 Å². The van der Waals surface area contributed by atoms with Crippen LogP contribution in [0.5, 0.6) is 0 Å². The lowest BCUT2D eigenvalue weighted by Crippen LogP contribution is -2.26. The molecule has 0 atom stereocenters. The predicted molar refractivity (Wildman–Crippen MR) is 91.4 cm³/mol. The number of rotatable bonds is 10. The molecule has 130 valence electrons. The Morgan fingerprint density at radius 1 is 1.26 bits per heavy atom. The molecule has 0 bridgehead atoms. The van der Waals surface area contributed by atoms with Gasteiger partial charge in [-0.1, -0.05) is 33.6 Å². The molecule has 0 radical (unpaired) electrons. The summed E-state index contributed by atoms with van der Waals surface area (Å²) in [6, 6.07) is 4.11. The van der Waals surface area contributed by atoms with Gasteiger partial charge in [-0.25, -0.2) is 17.9 Å². The topological polar surface area (TPSA) is 95.5 Å². The number of unbranched alkanes of at least 4 members (excludes halogenated alkanes) is 2. The van der Waals surface area contributed by atoms with Crippen molar-refractivity contribution >= 4 is 21.7 Å². The molecule has 0 aromatic heterocycles. The highest BCUT2D eigenvalue weighted by Gasteiger charge is 2.20. The normalized spacial score (nSPS) is 11.7. The molecule has 3 N–H and O–H groups in total. The Balaban J connectivity index is 3.07. The maximum Gasteiger partial charge on any atom is 0.335 e. The maximum atomic E-state index is 12.5. The van der Waals surface area contributed by atoms with Crippen LogP contribution in [0.25, 0.3) is 0 Å². The van der Waals surface area contributed by atoms with Gasteiger partial charge in [0.15, 0.2) is 0 Å². The monoisotopic (exact) mass is 342 g/mol. The van der Waals surface area contributed by atoms with Crippen LogP contribution in [0.1, 0.15) is 50.4 Å². The largest absolute Gasteiger partial charge is 0.478 e. The third-order valence-corrected chi connectivity index (χ3v) is 4.79. The van der Waals surface area contributed by atoms with E-state index in [-0.39, 0.29) is 10.5 Å². The van der Waals surface area contributed by atoms with Gasteiger partial charge in [-0.3, -0.25) is 0 Å². The van der Waals surface area contributed by atoms with E-state index >= 15 is 0 Å². The number of carbonyl (C=O) groups is 1. The predicted octanol–water partition coefficient (Wildman–Crippen LogP) is 2.92. The number of anilines is 1. The van der Waals surface area contributed by atoms with E-state index in [1.165, 1.54) is 18.2 Å². The summed E-state index contributed by atoms with van der Waals surface area (Å²) < 4.78 is 27.5. The zero-order chi connectivity index (χ0) is 17.5. The van der Waals surface area contributed by atoms with Crippen molar-refractivity contribution in [3.63, 3.8) is 0 Å². The summed E-state index contributed by atoms with van der Waals surface area (Å²) in [5, 5.41) is 12.2. The molecule has 0 unspecified atom stereocenters. The summed E-state index contributed by atoms with van der Waals surface area (Å²) in [7, 11) is -3.75. The van der Waals surface area contributed by atoms with Crippen LogP contribution in [0.3, 0.4) is 0 Å². The Bertz CT molecular complexity index is 627. The summed E-state index contributed by atoms with van der Waals surface area (Å²) in [4.78, 5) is 11.1. The number of hydrogen-bond donors (Lipinski definition) is 3. The summed E-state index contributed by atoms with van der Waals surface area (Å²) in [5.74, 6) is -0.815. The number of sulfonamides is 1. The van der Waals surface area contributed by atoms with Gasteiger partial charge >= 0.3 is 5.97 Å². The minimum atomic E-state index is -3.75. The van der Waals surface area contributed by atoms with Crippen LogP contribution in [-0.2, 0) is 10.0 Å². The molecule has 23 heavy (non-hydrogen) atoms. The third-order valence-electron chi connectivity index (χ3n) is 3.29. The Labute approximate surface area is 138 Å². The quantitative estimate of drug-likeness (QED) is 0.568. The van der Waals surface area contributed by atoms with Crippen LogP contribution in [0.2, 0.25) is 0 Å². The van der Waals surface area contributed by atoms with Gasteiger partial charge in [0, 0.05) is 13.1 Å². The summed E-state index contributed by atoms with van der Waals surface area (Å²) in [6.07, 6.45) is 2.69. The van der Waals surface area contributed by atoms with Crippen molar-refractivity contribution in [3.8, 4) is 0 Å². The van der Waals surface area contributed by atoms with E-state index in [4.69, 9.17) is 5.11 Å². The van der Waals surface area contributed by atoms with Crippen molar-refractivity contribution in [3.05, 3.63) is 23.8 Å². The van der Waals surface area contributed by atoms with E-state index in [0.29, 0.717) is 24.7 Å². The zero-order valence-electron chi connectivity index (χ0n) is 13.9. The second kappa shape index (κ2) is 8.88. The van der Waals surface area contributed by atoms with E-state index in [9.17, 15) is 13.2 Å². The molecule has 6 nitrogen and oxygen atoms in total. The molecule has 0 saturated heterocycles. The van der Waals surface area contributed by atoms with Crippen LogP contribution < -0.4 is 10.0 Å². The van der Waals surface area contributed by atoms with Gasteiger partial charge in [-0.2, -0.15) is 0 Å². The number of aromatic carboxylic acids is 1. The number of carboxylic acids is 1. The summed E-state index contributed by atoms with van der Waals surface area (Å²) in [6.45, 7) is 7.01. The SMILES string of the molecule is CCCCCNS(=O)(=O)c1cc(C(=O)O)ccc1NCC(C)C. The number of hydrogen-bond acceptors (Lipinski definition) is 4. The van der Waals surface area contributed by atoms with E-state index in [1.807, 2.05) is 20.8 Å². The number of nitrogens with one attached hydrogen (secondary N) is 2. The average molecular weight is 342 g/mol. The van der Waals surface area contributed by atoms with Crippen molar-refractivity contribution in [2.75, 3.05) is 18.4 Å². The smallest absolute Gasteiger partial charge is 0.335 e. The van der Waals surface area contributed by atoms with Gasteiger partial charge in [-0.15, -0.1) is 0 Å². The number of benzene rings is 1. The van der Waals surface area contributed by atoms with Crippen molar-refractivity contribution in [2.24, 2.45) is 5.92 Å². The molecule has 0 aliphatic rings. The minimum absolute atomic E-state index is 0.0189. The number of carboxylic acid groups (broad SMARTS) is 1. The molecule has 1 aromatic carbocycles. The first-order valence-electron chi connectivity index (χ1n) is 7.88. The molecule has 1 rings (SSSR count). The third kappa shape index (κ3) is 6.19. The summed E-state index contributed by atoms with van der Waals surface area (Å²) >= 11 is 0. The summed E-state index contributed by atoms with van der Waals surface area (Å²) in [5.41, 5.74) is 0.376. The van der Waals surface area contributed by atoms with E-state index in [1.54, 1.807) is 0 Å². The van der Waals surface area contributed by atoms with E-state index < -0.39 is 16.0 Å². The van der Waals surface area contributed by atoms with Crippen LogP contribution >= 0.6 is 0 Å². The Morgan fingerprint density at radius 3 is 2.52 bits per heavy atom. The Kier molecular flexibility index (Phi) is 7.51. The average Bonchev–Trinajstić information content (AvgIpc) is 2.49. The molecule has 0 fully saturated rings. The van der Waals surface area contributed by atoms with Crippen molar-refractivity contribution in [2.45, 2.75) is 44.9 Å².